The van der Waals surface area contributed by atoms with Gasteiger partial charge in [0.25, 0.3) is 5.91 Å². The maximum absolute atomic E-state index is 13.0. The standard InChI is InChI=1S/C23H30N2O5/c1-16(2)24-23(27)17(3)25(14-18-10-12-19(28-4)13-11-18)22(26)15-30-21-9-7-6-8-20(21)29-5/h6-13,16-17H,14-15H2,1-5H3,(H,24,27). The van der Waals surface area contributed by atoms with Crippen molar-refractivity contribution in [1.82, 2.24) is 10.2 Å². The molecule has 1 N–H and O–H groups in total. The summed E-state index contributed by atoms with van der Waals surface area (Å²) in [5.41, 5.74) is 0.880. The lowest BCUT2D eigenvalue weighted by Gasteiger charge is -2.29. The highest BCUT2D eigenvalue weighted by Gasteiger charge is 2.27. The molecule has 0 saturated carbocycles. The van der Waals surface area contributed by atoms with E-state index in [0.717, 1.165) is 11.3 Å². The zero-order valence-corrected chi connectivity index (χ0v) is 18.2. The van der Waals surface area contributed by atoms with Gasteiger partial charge in [0.15, 0.2) is 18.1 Å². The van der Waals surface area contributed by atoms with Gasteiger partial charge >= 0.3 is 0 Å². The quantitative estimate of drug-likeness (QED) is 0.647. The number of para-hydroxylation sites is 2. The highest BCUT2D eigenvalue weighted by Crippen LogP contribution is 2.26. The number of carbonyl (C=O) groups is 2. The van der Waals surface area contributed by atoms with Crippen LogP contribution in [0.3, 0.4) is 0 Å². The lowest BCUT2D eigenvalue weighted by molar-refractivity contribution is -0.142. The van der Waals surface area contributed by atoms with E-state index in [2.05, 4.69) is 5.32 Å². The Hall–Kier alpha value is -3.22. The summed E-state index contributed by atoms with van der Waals surface area (Å²) in [5, 5.41) is 2.86. The van der Waals surface area contributed by atoms with Gasteiger partial charge in [-0.05, 0) is 50.6 Å². The van der Waals surface area contributed by atoms with Crippen molar-refractivity contribution in [1.29, 1.82) is 0 Å². The predicted molar refractivity (Wildman–Crippen MR) is 115 cm³/mol. The van der Waals surface area contributed by atoms with Crippen LogP contribution in [-0.2, 0) is 16.1 Å². The van der Waals surface area contributed by atoms with Crippen molar-refractivity contribution in [2.45, 2.75) is 39.4 Å². The van der Waals surface area contributed by atoms with Gasteiger partial charge in [0.2, 0.25) is 5.91 Å². The molecular weight excluding hydrogens is 384 g/mol. The van der Waals surface area contributed by atoms with Crippen molar-refractivity contribution >= 4 is 11.8 Å². The van der Waals surface area contributed by atoms with E-state index >= 15 is 0 Å². The molecule has 2 aromatic rings. The third-order valence-electron chi connectivity index (χ3n) is 4.53. The highest BCUT2D eigenvalue weighted by atomic mass is 16.5. The van der Waals surface area contributed by atoms with E-state index < -0.39 is 6.04 Å². The van der Waals surface area contributed by atoms with Gasteiger partial charge in [-0.3, -0.25) is 9.59 Å². The number of rotatable bonds is 10. The first-order valence-electron chi connectivity index (χ1n) is 9.84. The van der Waals surface area contributed by atoms with Gasteiger partial charge in [-0.15, -0.1) is 0 Å². The van der Waals surface area contributed by atoms with Gasteiger partial charge in [-0.1, -0.05) is 24.3 Å². The summed E-state index contributed by atoms with van der Waals surface area (Å²) in [6.07, 6.45) is 0. The number of nitrogens with one attached hydrogen (secondary N) is 1. The molecule has 0 radical (unpaired) electrons. The molecule has 0 aliphatic carbocycles. The molecule has 0 spiro atoms. The van der Waals surface area contributed by atoms with Crippen LogP contribution in [-0.4, -0.2) is 49.6 Å². The number of methoxy groups -OCH3 is 2. The third-order valence-corrected chi connectivity index (χ3v) is 4.53. The van der Waals surface area contributed by atoms with Crippen molar-refractivity contribution < 1.29 is 23.8 Å². The second-order valence-electron chi connectivity index (χ2n) is 7.15. The number of carbonyl (C=O) groups excluding carboxylic acids is 2. The second-order valence-corrected chi connectivity index (χ2v) is 7.15. The molecule has 0 fully saturated rings. The fourth-order valence-electron chi connectivity index (χ4n) is 2.88. The number of benzene rings is 2. The average Bonchev–Trinajstić information content (AvgIpc) is 2.75. The molecule has 0 aliphatic rings. The molecule has 162 valence electrons. The average molecular weight is 415 g/mol. The van der Waals surface area contributed by atoms with Gasteiger partial charge in [-0.2, -0.15) is 0 Å². The Morgan fingerprint density at radius 1 is 0.933 bits per heavy atom. The molecule has 0 heterocycles. The molecule has 2 aromatic carbocycles. The number of hydrogen-bond donors (Lipinski definition) is 1. The molecule has 2 rings (SSSR count). The summed E-state index contributed by atoms with van der Waals surface area (Å²) < 4.78 is 16.1. The van der Waals surface area contributed by atoms with Gasteiger partial charge < -0.3 is 24.4 Å². The minimum absolute atomic E-state index is 0.0253. The molecule has 30 heavy (non-hydrogen) atoms. The van der Waals surface area contributed by atoms with E-state index in [1.165, 1.54) is 4.90 Å². The molecule has 2 amide bonds. The lowest BCUT2D eigenvalue weighted by Crippen LogP contribution is -2.50. The van der Waals surface area contributed by atoms with Crippen molar-refractivity contribution in [2.24, 2.45) is 0 Å². The van der Waals surface area contributed by atoms with Crippen molar-refractivity contribution in [2.75, 3.05) is 20.8 Å². The van der Waals surface area contributed by atoms with Gasteiger partial charge in [0.05, 0.1) is 14.2 Å². The normalized spacial score (nSPS) is 11.5. The smallest absolute Gasteiger partial charge is 0.261 e. The second kappa shape index (κ2) is 11.1. The number of hydrogen-bond acceptors (Lipinski definition) is 5. The van der Waals surface area contributed by atoms with Crippen LogP contribution in [0.1, 0.15) is 26.3 Å². The largest absolute Gasteiger partial charge is 0.497 e. The third kappa shape index (κ3) is 6.40. The maximum atomic E-state index is 13.0. The van der Waals surface area contributed by atoms with E-state index in [1.54, 1.807) is 39.3 Å². The minimum Gasteiger partial charge on any atom is -0.497 e. The maximum Gasteiger partial charge on any atom is 0.261 e. The lowest BCUT2D eigenvalue weighted by atomic mass is 10.1. The SMILES string of the molecule is COc1ccc(CN(C(=O)COc2ccccc2OC)C(C)C(=O)NC(C)C)cc1. The Balaban J connectivity index is 2.17. The Bertz CT molecular complexity index is 836. The molecule has 0 saturated heterocycles. The van der Waals surface area contributed by atoms with E-state index in [1.807, 2.05) is 44.2 Å². The van der Waals surface area contributed by atoms with Crippen LogP contribution < -0.4 is 19.5 Å². The summed E-state index contributed by atoms with van der Waals surface area (Å²) in [6.45, 7) is 5.53. The zero-order chi connectivity index (χ0) is 22.1. The highest BCUT2D eigenvalue weighted by molar-refractivity contribution is 5.88. The first-order chi connectivity index (χ1) is 14.3. The molecule has 0 bridgehead atoms. The van der Waals surface area contributed by atoms with Gasteiger partial charge in [0, 0.05) is 12.6 Å². The van der Waals surface area contributed by atoms with Gasteiger partial charge in [-0.25, -0.2) is 0 Å². The van der Waals surface area contributed by atoms with Crippen LogP contribution in [0.15, 0.2) is 48.5 Å². The van der Waals surface area contributed by atoms with Crippen molar-refractivity contribution in [3.05, 3.63) is 54.1 Å². The molecule has 7 nitrogen and oxygen atoms in total. The van der Waals surface area contributed by atoms with E-state index in [-0.39, 0.29) is 31.0 Å². The Morgan fingerprint density at radius 3 is 2.13 bits per heavy atom. The monoisotopic (exact) mass is 414 g/mol. The minimum atomic E-state index is -0.664. The summed E-state index contributed by atoms with van der Waals surface area (Å²) in [4.78, 5) is 27.1. The van der Waals surface area contributed by atoms with Crippen LogP contribution >= 0.6 is 0 Å². The molecule has 0 aliphatic heterocycles. The molecule has 7 heteroatoms. The Morgan fingerprint density at radius 2 is 1.57 bits per heavy atom. The Kier molecular flexibility index (Phi) is 8.53. The molecular formula is C23H30N2O5. The topological polar surface area (TPSA) is 77.1 Å². The summed E-state index contributed by atoms with van der Waals surface area (Å²) in [5.74, 6) is 1.21. The first-order valence-corrected chi connectivity index (χ1v) is 9.84. The predicted octanol–water partition coefficient (Wildman–Crippen LogP) is 3.02. The number of amides is 2. The van der Waals surface area contributed by atoms with Gasteiger partial charge in [0.1, 0.15) is 11.8 Å². The van der Waals surface area contributed by atoms with Crippen LogP contribution in [0.25, 0.3) is 0 Å². The van der Waals surface area contributed by atoms with Crippen molar-refractivity contribution in [3.8, 4) is 17.2 Å². The zero-order valence-electron chi connectivity index (χ0n) is 18.2. The summed E-state index contributed by atoms with van der Waals surface area (Å²) in [7, 11) is 3.14. The number of ether oxygens (including phenoxy) is 3. The Labute approximate surface area is 177 Å². The van der Waals surface area contributed by atoms with Crippen LogP contribution in [0.2, 0.25) is 0 Å². The molecule has 1 unspecified atom stereocenters. The van der Waals surface area contributed by atoms with Crippen molar-refractivity contribution in [3.63, 3.8) is 0 Å². The van der Waals surface area contributed by atoms with E-state index in [0.29, 0.717) is 11.5 Å². The fourth-order valence-corrected chi connectivity index (χ4v) is 2.88. The molecule has 1 atom stereocenters. The first kappa shape index (κ1) is 23.1. The van der Waals surface area contributed by atoms with Crippen LogP contribution in [0, 0.1) is 0 Å². The van der Waals surface area contributed by atoms with E-state index in [9.17, 15) is 9.59 Å². The number of nitrogens with zero attached hydrogens (tertiary/aromatic N) is 1. The van der Waals surface area contributed by atoms with E-state index in [4.69, 9.17) is 14.2 Å². The summed E-state index contributed by atoms with van der Waals surface area (Å²) in [6, 6.07) is 13.8. The van der Waals surface area contributed by atoms with Crippen LogP contribution in [0.5, 0.6) is 17.2 Å². The van der Waals surface area contributed by atoms with Crippen LogP contribution in [0.4, 0.5) is 0 Å². The fraction of sp³-hybridized carbons (Fsp3) is 0.391. The molecule has 0 aromatic heterocycles. The summed E-state index contributed by atoms with van der Waals surface area (Å²) >= 11 is 0.